The molecule has 0 bridgehead atoms. The molecule has 2 nitrogen and oxygen atoms in total. The maximum atomic E-state index is 5.57. The standard InChI is InChI=1S/C14H21BrO2/c1-5-14(2,3)12-7-6-11(10-13(12)15)17-9-8-16-4/h6-7,10H,5,8-9H2,1-4H3. The number of rotatable bonds is 6. The van der Waals surface area contributed by atoms with Crippen molar-refractivity contribution in [1.29, 1.82) is 0 Å². The molecule has 0 saturated heterocycles. The molecule has 0 N–H and O–H groups in total. The lowest BCUT2D eigenvalue weighted by Crippen LogP contribution is -2.16. The van der Waals surface area contributed by atoms with Gasteiger partial charge in [-0.1, -0.05) is 42.8 Å². The summed E-state index contributed by atoms with van der Waals surface area (Å²) in [4.78, 5) is 0. The Hall–Kier alpha value is -0.540. The van der Waals surface area contributed by atoms with Crippen LogP contribution in [0, 0.1) is 0 Å². The summed E-state index contributed by atoms with van der Waals surface area (Å²) in [5, 5.41) is 0. The van der Waals surface area contributed by atoms with Crippen molar-refractivity contribution in [2.24, 2.45) is 0 Å². The van der Waals surface area contributed by atoms with Crippen LogP contribution in [0.5, 0.6) is 5.75 Å². The van der Waals surface area contributed by atoms with Gasteiger partial charge in [0.1, 0.15) is 12.4 Å². The molecule has 0 heterocycles. The third kappa shape index (κ3) is 4.00. The highest BCUT2D eigenvalue weighted by molar-refractivity contribution is 9.10. The van der Waals surface area contributed by atoms with E-state index in [1.807, 2.05) is 12.1 Å². The summed E-state index contributed by atoms with van der Waals surface area (Å²) in [5.41, 5.74) is 1.50. The Morgan fingerprint density at radius 2 is 1.94 bits per heavy atom. The van der Waals surface area contributed by atoms with E-state index in [2.05, 4.69) is 42.8 Å². The van der Waals surface area contributed by atoms with E-state index in [0.29, 0.717) is 13.2 Å². The van der Waals surface area contributed by atoms with Crippen LogP contribution in [0.1, 0.15) is 32.8 Å². The normalized spacial score (nSPS) is 11.6. The van der Waals surface area contributed by atoms with E-state index < -0.39 is 0 Å². The average Bonchev–Trinajstić information content (AvgIpc) is 2.29. The van der Waals surface area contributed by atoms with Gasteiger partial charge in [-0.3, -0.25) is 0 Å². The van der Waals surface area contributed by atoms with Gasteiger partial charge in [0.2, 0.25) is 0 Å². The molecule has 0 saturated carbocycles. The van der Waals surface area contributed by atoms with Crippen LogP contribution in [-0.4, -0.2) is 20.3 Å². The molecule has 0 aliphatic heterocycles. The van der Waals surface area contributed by atoms with Crippen LogP contribution >= 0.6 is 15.9 Å². The minimum absolute atomic E-state index is 0.184. The number of hydrogen-bond acceptors (Lipinski definition) is 2. The van der Waals surface area contributed by atoms with Gasteiger partial charge in [-0.05, 0) is 29.5 Å². The fourth-order valence-corrected chi connectivity index (χ4v) is 2.46. The Kier molecular flexibility index (Phi) is 5.47. The first-order valence-electron chi connectivity index (χ1n) is 5.93. The Morgan fingerprint density at radius 1 is 1.24 bits per heavy atom. The molecule has 1 aromatic carbocycles. The van der Waals surface area contributed by atoms with Crippen molar-refractivity contribution < 1.29 is 9.47 Å². The smallest absolute Gasteiger partial charge is 0.120 e. The van der Waals surface area contributed by atoms with Crippen molar-refractivity contribution in [3.8, 4) is 5.75 Å². The van der Waals surface area contributed by atoms with Crippen LogP contribution in [-0.2, 0) is 10.2 Å². The van der Waals surface area contributed by atoms with Gasteiger partial charge in [0, 0.05) is 11.6 Å². The van der Waals surface area contributed by atoms with Gasteiger partial charge in [0.25, 0.3) is 0 Å². The molecule has 0 spiro atoms. The minimum Gasteiger partial charge on any atom is -0.491 e. The summed E-state index contributed by atoms with van der Waals surface area (Å²) in [6.07, 6.45) is 1.11. The predicted molar refractivity (Wildman–Crippen MR) is 74.8 cm³/mol. The molecule has 0 radical (unpaired) electrons. The molecule has 1 aromatic rings. The SMILES string of the molecule is CCC(C)(C)c1ccc(OCCOC)cc1Br. The summed E-state index contributed by atoms with van der Waals surface area (Å²) in [6.45, 7) is 7.89. The first kappa shape index (κ1) is 14.5. The number of halogens is 1. The maximum Gasteiger partial charge on any atom is 0.120 e. The van der Waals surface area contributed by atoms with Gasteiger partial charge < -0.3 is 9.47 Å². The molecule has 96 valence electrons. The second-order valence-electron chi connectivity index (χ2n) is 4.72. The third-order valence-corrected chi connectivity index (χ3v) is 3.77. The van der Waals surface area contributed by atoms with E-state index in [1.54, 1.807) is 7.11 Å². The van der Waals surface area contributed by atoms with Crippen LogP contribution in [0.2, 0.25) is 0 Å². The summed E-state index contributed by atoms with van der Waals surface area (Å²) in [6, 6.07) is 6.19. The minimum atomic E-state index is 0.184. The summed E-state index contributed by atoms with van der Waals surface area (Å²) < 4.78 is 11.6. The molecule has 0 fully saturated rings. The second-order valence-corrected chi connectivity index (χ2v) is 5.57. The molecular weight excluding hydrogens is 280 g/mol. The first-order chi connectivity index (χ1) is 8.01. The molecule has 0 amide bonds. The molecule has 0 aromatic heterocycles. The zero-order chi connectivity index (χ0) is 12.9. The van der Waals surface area contributed by atoms with E-state index >= 15 is 0 Å². The summed E-state index contributed by atoms with van der Waals surface area (Å²) >= 11 is 3.62. The lowest BCUT2D eigenvalue weighted by Gasteiger charge is -2.25. The summed E-state index contributed by atoms with van der Waals surface area (Å²) in [5.74, 6) is 0.879. The zero-order valence-corrected chi connectivity index (χ0v) is 12.6. The highest BCUT2D eigenvalue weighted by Crippen LogP contribution is 2.34. The molecule has 0 aliphatic rings. The molecule has 0 atom stereocenters. The monoisotopic (exact) mass is 300 g/mol. The topological polar surface area (TPSA) is 18.5 Å². The van der Waals surface area contributed by atoms with Gasteiger partial charge in [-0.2, -0.15) is 0 Å². The fourth-order valence-electron chi connectivity index (χ4n) is 1.57. The maximum absolute atomic E-state index is 5.57. The van der Waals surface area contributed by atoms with E-state index in [4.69, 9.17) is 9.47 Å². The van der Waals surface area contributed by atoms with Gasteiger partial charge in [-0.25, -0.2) is 0 Å². The number of benzene rings is 1. The Labute approximate surface area is 112 Å². The van der Waals surface area contributed by atoms with Crippen LogP contribution in [0.15, 0.2) is 22.7 Å². The lowest BCUT2D eigenvalue weighted by molar-refractivity contribution is 0.146. The van der Waals surface area contributed by atoms with Crippen LogP contribution in [0.25, 0.3) is 0 Å². The van der Waals surface area contributed by atoms with E-state index in [1.165, 1.54) is 5.56 Å². The quantitative estimate of drug-likeness (QED) is 0.734. The average molecular weight is 301 g/mol. The summed E-state index contributed by atoms with van der Waals surface area (Å²) in [7, 11) is 1.67. The van der Waals surface area contributed by atoms with Crippen LogP contribution in [0.4, 0.5) is 0 Å². The van der Waals surface area contributed by atoms with E-state index in [-0.39, 0.29) is 5.41 Å². The molecule has 0 unspecified atom stereocenters. The molecule has 1 rings (SSSR count). The van der Waals surface area contributed by atoms with Gasteiger partial charge in [0.05, 0.1) is 6.61 Å². The number of ether oxygens (including phenoxy) is 2. The van der Waals surface area contributed by atoms with Crippen LogP contribution in [0.3, 0.4) is 0 Å². The zero-order valence-electron chi connectivity index (χ0n) is 11.0. The van der Waals surface area contributed by atoms with Crippen molar-refractivity contribution >= 4 is 15.9 Å². The van der Waals surface area contributed by atoms with E-state index in [9.17, 15) is 0 Å². The van der Waals surface area contributed by atoms with Gasteiger partial charge >= 0.3 is 0 Å². The number of methoxy groups -OCH3 is 1. The van der Waals surface area contributed by atoms with Crippen molar-refractivity contribution in [2.45, 2.75) is 32.6 Å². The van der Waals surface area contributed by atoms with E-state index in [0.717, 1.165) is 16.6 Å². The van der Waals surface area contributed by atoms with Crippen LogP contribution < -0.4 is 4.74 Å². The highest BCUT2D eigenvalue weighted by atomic mass is 79.9. The second kappa shape index (κ2) is 6.41. The molecule has 17 heavy (non-hydrogen) atoms. The highest BCUT2D eigenvalue weighted by Gasteiger charge is 2.20. The van der Waals surface area contributed by atoms with Crippen molar-refractivity contribution in [2.75, 3.05) is 20.3 Å². The van der Waals surface area contributed by atoms with Crippen molar-refractivity contribution in [3.63, 3.8) is 0 Å². The molecule has 0 aliphatic carbocycles. The fraction of sp³-hybridized carbons (Fsp3) is 0.571. The van der Waals surface area contributed by atoms with Gasteiger partial charge in [-0.15, -0.1) is 0 Å². The van der Waals surface area contributed by atoms with Gasteiger partial charge in [0.15, 0.2) is 0 Å². The lowest BCUT2D eigenvalue weighted by atomic mass is 9.82. The third-order valence-electron chi connectivity index (χ3n) is 3.11. The number of hydrogen-bond donors (Lipinski definition) is 0. The first-order valence-corrected chi connectivity index (χ1v) is 6.72. The Morgan fingerprint density at radius 3 is 2.47 bits per heavy atom. The largest absolute Gasteiger partial charge is 0.491 e. The molecule has 3 heteroatoms. The van der Waals surface area contributed by atoms with Crippen molar-refractivity contribution in [1.82, 2.24) is 0 Å². The van der Waals surface area contributed by atoms with Crippen molar-refractivity contribution in [3.05, 3.63) is 28.2 Å². The Bertz CT molecular complexity index is 361. The Balaban J connectivity index is 2.79. The predicted octanol–water partition coefficient (Wildman–Crippen LogP) is 4.16. The molecular formula is C14H21BrO2.